The van der Waals surface area contributed by atoms with E-state index in [0.29, 0.717) is 30.8 Å². The van der Waals surface area contributed by atoms with Gasteiger partial charge in [-0.2, -0.15) is 4.31 Å². The fourth-order valence-electron chi connectivity index (χ4n) is 3.52. The van der Waals surface area contributed by atoms with Gasteiger partial charge in [-0.05, 0) is 42.2 Å². The van der Waals surface area contributed by atoms with Crippen LogP contribution in [0.15, 0.2) is 59.8 Å². The summed E-state index contributed by atoms with van der Waals surface area (Å²) in [5.74, 6) is 0. The highest BCUT2D eigenvalue weighted by Crippen LogP contribution is 2.30. The molecule has 0 saturated heterocycles. The molecule has 1 aromatic carbocycles. The molecule has 134 valence electrons. The quantitative estimate of drug-likeness (QED) is 0.766. The highest BCUT2D eigenvalue weighted by atomic mass is 32.2. The molecule has 0 aliphatic carbocycles. The van der Waals surface area contributed by atoms with Crippen molar-refractivity contribution in [3.05, 3.63) is 66.0 Å². The second kappa shape index (κ2) is 6.70. The summed E-state index contributed by atoms with van der Waals surface area (Å²) in [7, 11) is -3.47. The molecule has 1 N–H and O–H groups in total. The zero-order valence-electron chi connectivity index (χ0n) is 14.6. The zero-order valence-corrected chi connectivity index (χ0v) is 15.5. The number of pyridine rings is 1. The van der Waals surface area contributed by atoms with Crippen molar-refractivity contribution in [1.82, 2.24) is 14.3 Å². The Morgan fingerprint density at radius 3 is 2.81 bits per heavy atom. The highest BCUT2D eigenvalue weighted by Gasteiger charge is 2.28. The number of sulfonamides is 1. The molecule has 26 heavy (non-hydrogen) atoms. The summed E-state index contributed by atoms with van der Waals surface area (Å²) in [5, 5.41) is 1.08. The first kappa shape index (κ1) is 17.0. The normalized spacial score (nSPS) is 16.0. The molecule has 0 bridgehead atoms. The lowest BCUT2D eigenvalue weighted by Gasteiger charge is -2.26. The van der Waals surface area contributed by atoms with E-state index in [1.54, 1.807) is 22.6 Å². The smallest absolute Gasteiger partial charge is 0.243 e. The largest absolute Gasteiger partial charge is 0.346 e. The number of hydrogen-bond acceptors (Lipinski definition) is 3. The Bertz CT molecular complexity index is 1080. The molecule has 3 aromatic rings. The molecule has 3 heterocycles. The molecule has 0 radical (unpaired) electrons. The molecule has 0 amide bonds. The molecule has 4 rings (SSSR count). The first-order valence-corrected chi connectivity index (χ1v) is 10.2. The predicted octanol–water partition coefficient (Wildman–Crippen LogP) is 3.60. The number of aromatic amines is 1. The fraction of sp³-hybridized carbons (Fsp3) is 0.250. The predicted molar refractivity (Wildman–Crippen MR) is 103 cm³/mol. The molecule has 0 unspecified atom stereocenters. The van der Waals surface area contributed by atoms with Gasteiger partial charge in [0.05, 0.1) is 4.90 Å². The maximum absolute atomic E-state index is 13.1. The van der Waals surface area contributed by atoms with Crippen molar-refractivity contribution < 1.29 is 8.42 Å². The molecule has 1 aliphatic rings. The SMILES string of the molecule is CCc1ccccc1S(=O)(=O)N1CC=C(c2c[nH]c3ncccc23)CC1. The average molecular weight is 367 g/mol. The van der Waals surface area contributed by atoms with Crippen molar-refractivity contribution in [2.45, 2.75) is 24.7 Å². The molecule has 0 spiro atoms. The number of aryl methyl sites for hydroxylation is 1. The monoisotopic (exact) mass is 367 g/mol. The number of benzene rings is 1. The summed E-state index contributed by atoms with van der Waals surface area (Å²) >= 11 is 0. The Morgan fingerprint density at radius 1 is 1.19 bits per heavy atom. The molecular formula is C20H21N3O2S. The van der Waals surface area contributed by atoms with Crippen molar-refractivity contribution in [2.24, 2.45) is 0 Å². The van der Waals surface area contributed by atoms with E-state index in [0.717, 1.165) is 22.2 Å². The van der Waals surface area contributed by atoms with Crippen LogP contribution >= 0.6 is 0 Å². The Kier molecular flexibility index (Phi) is 4.38. The minimum atomic E-state index is -3.47. The van der Waals surface area contributed by atoms with Gasteiger partial charge >= 0.3 is 0 Å². The standard InChI is InChI=1S/C20H21N3O2S/c1-2-15-6-3-4-8-19(15)26(24,25)23-12-9-16(10-13-23)18-14-22-20-17(18)7-5-11-21-20/h3-9,11,14H,2,10,12-13H2,1H3,(H,21,22). The van der Waals surface area contributed by atoms with E-state index in [9.17, 15) is 8.42 Å². The molecule has 0 saturated carbocycles. The second-order valence-corrected chi connectivity index (χ2v) is 8.31. The van der Waals surface area contributed by atoms with E-state index in [-0.39, 0.29) is 0 Å². The lowest BCUT2D eigenvalue weighted by Crippen LogP contribution is -2.35. The topological polar surface area (TPSA) is 66.1 Å². The lowest BCUT2D eigenvalue weighted by atomic mass is 10.0. The van der Waals surface area contributed by atoms with Gasteiger partial charge in [0.2, 0.25) is 10.0 Å². The fourth-order valence-corrected chi connectivity index (χ4v) is 5.20. The average Bonchev–Trinajstić information content (AvgIpc) is 3.12. The van der Waals surface area contributed by atoms with E-state index in [1.165, 1.54) is 5.57 Å². The third-order valence-electron chi connectivity index (χ3n) is 4.94. The number of rotatable bonds is 4. The molecule has 0 fully saturated rings. The van der Waals surface area contributed by atoms with Crippen molar-refractivity contribution in [2.75, 3.05) is 13.1 Å². The van der Waals surface area contributed by atoms with Crippen LogP contribution in [0.5, 0.6) is 0 Å². The summed E-state index contributed by atoms with van der Waals surface area (Å²) in [4.78, 5) is 7.93. The molecule has 0 atom stereocenters. The Morgan fingerprint density at radius 2 is 2.04 bits per heavy atom. The number of nitrogens with zero attached hydrogens (tertiary/aromatic N) is 2. The summed E-state index contributed by atoms with van der Waals surface area (Å²) in [5.41, 5.74) is 4.00. The first-order valence-electron chi connectivity index (χ1n) is 8.81. The van der Waals surface area contributed by atoms with Crippen LogP contribution in [0, 0.1) is 0 Å². The van der Waals surface area contributed by atoms with Crippen LogP contribution in [0.1, 0.15) is 24.5 Å². The van der Waals surface area contributed by atoms with Gasteiger partial charge in [-0.15, -0.1) is 0 Å². The second-order valence-electron chi connectivity index (χ2n) is 6.41. The lowest BCUT2D eigenvalue weighted by molar-refractivity contribution is 0.440. The molecule has 5 nitrogen and oxygen atoms in total. The van der Waals surface area contributed by atoms with E-state index >= 15 is 0 Å². The maximum Gasteiger partial charge on any atom is 0.243 e. The van der Waals surface area contributed by atoms with Crippen molar-refractivity contribution in [1.29, 1.82) is 0 Å². The van der Waals surface area contributed by atoms with Gasteiger partial charge in [0.25, 0.3) is 0 Å². The zero-order chi connectivity index (χ0) is 18.1. The van der Waals surface area contributed by atoms with E-state index in [2.05, 4.69) is 9.97 Å². The number of fused-ring (bicyclic) bond motifs is 1. The Hall–Kier alpha value is -2.44. The third-order valence-corrected chi connectivity index (χ3v) is 6.91. The van der Waals surface area contributed by atoms with E-state index in [1.807, 2.05) is 43.5 Å². The Balaban J connectivity index is 1.63. The summed E-state index contributed by atoms with van der Waals surface area (Å²) in [6.45, 7) is 2.86. The van der Waals surface area contributed by atoms with Crippen LogP contribution in [-0.2, 0) is 16.4 Å². The van der Waals surface area contributed by atoms with Crippen LogP contribution in [0.4, 0.5) is 0 Å². The van der Waals surface area contributed by atoms with Gasteiger partial charge < -0.3 is 4.98 Å². The third kappa shape index (κ3) is 2.85. The van der Waals surface area contributed by atoms with Crippen molar-refractivity contribution in [3.8, 4) is 0 Å². The summed E-state index contributed by atoms with van der Waals surface area (Å²) in [6.07, 6.45) is 7.13. The van der Waals surface area contributed by atoms with E-state index < -0.39 is 10.0 Å². The van der Waals surface area contributed by atoms with Gasteiger partial charge in [-0.25, -0.2) is 13.4 Å². The minimum Gasteiger partial charge on any atom is -0.346 e. The number of nitrogens with one attached hydrogen (secondary N) is 1. The number of H-pyrrole nitrogens is 1. The van der Waals surface area contributed by atoms with Crippen LogP contribution < -0.4 is 0 Å². The number of aromatic nitrogens is 2. The number of hydrogen-bond donors (Lipinski definition) is 1. The van der Waals surface area contributed by atoms with Gasteiger partial charge in [0.15, 0.2) is 0 Å². The van der Waals surface area contributed by atoms with Crippen LogP contribution in [0.25, 0.3) is 16.6 Å². The summed E-state index contributed by atoms with van der Waals surface area (Å²) in [6, 6.07) is 11.2. The first-order chi connectivity index (χ1) is 12.6. The maximum atomic E-state index is 13.1. The molecule has 6 heteroatoms. The molecule has 2 aromatic heterocycles. The van der Waals surface area contributed by atoms with Gasteiger partial charge in [-0.1, -0.05) is 31.2 Å². The van der Waals surface area contributed by atoms with Gasteiger partial charge in [0.1, 0.15) is 5.65 Å². The molecular weight excluding hydrogens is 346 g/mol. The van der Waals surface area contributed by atoms with Gasteiger partial charge in [-0.3, -0.25) is 0 Å². The van der Waals surface area contributed by atoms with Gasteiger partial charge in [0, 0.05) is 36.4 Å². The van der Waals surface area contributed by atoms with Crippen LogP contribution in [0.3, 0.4) is 0 Å². The van der Waals surface area contributed by atoms with Crippen molar-refractivity contribution in [3.63, 3.8) is 0 Å². The molecule has 1 aliphatic heterocycles. The Labute approximate surface area is 153 Å². The summed E-state index contributed by atoms with van der Waals surface area (Å²) < 4.78 is 27.7. The van der Waals surface area contributed by atoms with E-state index in [4.69, 9.17) is 0 Å². The minimum absolute atomic E-state index is 0.392. The van der Waals surface area contributed by atoms with Crippen LogP contribution in [-0.4, -0.2) is 35.8 Å². The van der Waals surface area contributed by atoms with Crippen LogP contribution in [0.2, 0.25) is 0 Å². The highest BCUT2D eigenvalue weighted by molar-refractivity contribution is 7.89. The van der Waals surface area contributed by atoms with Crippen molar-refractivity contribution >= 4 is 26.6 Å².